The summed E-state index contributed by atoms with van der Waals surface area (Å²) in [5.41, 5.74) is 0.745. The lowest BCUT2D eigenvalue weighted by Crippen LogP contribution is -2.30. The summed E-state index contributed by atoms with van der Waals surface area (Å²) in [4.78, 5) is 12.7. The maximum Gasteiger partial charge on any atom is 0.244 e. The van der Waals surface area contributed by atoms with Crippen LogP contribution < -0.4 is 5.32 Å². The number of nitrogens with zero attached hydrogens (tertiary/aromatic N) is 4. The molecule has 3 aromatic rings. The van der Waals surface area contributed by atoms with Crippen LogP contribution >= 0.6 is 23.4 Å². The molecule has 166 valence electrons. The summed E-state index contributed by atoms with van der Waals surface area (Å²) < 4.78 is 41.7. The van der Waals surface area contributed by atoms with Gasteiger partial charge in [-0.15, -0.1) is 10.2 Å². The highest BCUT2D eigenvalue weighted by Gasteiger charge is 2.24. The highest BCUT2D eigenvalue weighted by atomic mass is 35.5. The second-order valence-corrected chi connectivity index (χ2v) is 10.2. The second kappa shape index (κ2) is 9.51. The van der Waals surface area contributed by atoms with Crippen LogP contribution in [0, 0.1) is 5.82 Å². The monoisotopic (exact) mass is 485 g/mol. The van der Waals surface area contributed by atoms with E-state index in [0.29, 0.717) is 29.6 Å². The number of carbonyl (C=O) groups excluding carboxylic acids is 1. The van der Waals surface area contributed by atoms with E-state index in [-0.39, 0.29) is 15.8 Å². The lowest BCUT2D eigenvalue weighted by molar-refractivity contribution is -0.115. The van der Waals surface area contributed by atoms with Gasteiger partial charge in [0.05, 0.1) is 20.9 Å². The van der Waals surface area contributed by atoms with Crippen molar-refractivity contribution in [2.24, 2.45) is 0 Å². The summed E-state index contributed by atoms with van der Waals surface area (Å²) in [5, 5.41) is 10.6. The molecule has 0 saturated heterocycles. The van der Waals surface area contributed by atoms with Gasteiger partial charge in [0.1, 0.15) is 5.82 Å². The van der Waals surface area contributed by atoms with Crippen molar-refractivity contribution in [2.45, 2.75) is 36.1 Å². The van der Waals surface area contributed by atoms with Crippen LogP contribution in [-0.4, -0.2) is 51.6 Å². The molecule has 1 amide bonds. The summed E-state index contributed by atoms with van der Waals surface area (Å²) in [5.74, 6) is -0.877. The molecular formula is C19H21ClFN5O3S2. The molecule has 0 aliphatic heterocycles. The number of carbonyl (C=O) groups is 1. The Labute approximate surface area is 188 Å². The number of amides is 1. The van der Waals surface area contributed by atoms with Crippen molar-refractivity contribution < 1.29 is 17.6 Å². The SMILES string of the molecule is CCN(CC)S(=O)(=O)c1ccc2nnc(SC(C)C(=O)Nc3ccc(F)cc3Cl)n2c1. The molecule has 1 unspecified atom stereocenters. The molecule has 0 radical (unpaired) electrons. The van der Waals surface area contributed by atoms with Crippen LogP contribution in [0.5, 0.6) is 0 Å². The first kappa shape index (κ1) is 23.5. The topological polar surface area (TPSA) is 96.7 Å². The van der Waals surface area contributed by atoms with Crippen LogP contribution in [0.4, 0.5) is 10.1 Å². The van der Waals surface area contributed by atoms with E-state index in [9.17, 15) is 17.6 Å². The third-order valence-corrected chi connectivity index (χ3v) is 7.93. The third kappa shape index (κ3) is 5.00. The van der Waals surface area contributed by atoms with Crippen LogP contribution in [0.2, 0.25) is 5.02 Å². The molecule has 12 heteroatoms. The first-order valence-corrected chi connectivity index (χ1v) is 12.1. The second-order valence-electron chi connectivity index (χ2n) is 6.54. The third-order valence-electron chi connectivity index (χ3n) is 4.53. The molecule has 0 bridgehead atoms. The molecule has 0 saturated carbocycles. The number of fused-ring (bicyclic) bond motifs is 1. The number of anilines is 1. The van der Waals surface area contributed by atoms with E-state index in [1.165, 1.54) is 33.1 Å². The average molecular weight is 486 g/mol. The Hall–Kier alpha value is -2.21. The zero-order valence-electron chi connectivity index (χ0n) is 17.0. The van der Waals surface area contributed by atoms with Crippen molar-refractivity contribution in [1.82, 2.24) is 18.9 Å². The normalized spacial score (nSPS) is 13.0. The van der Waals surface area contributed by atoms with E-state index in [1.807, 2.05) is 0 Å². The van der Waals surface area contributed by atoms with Gasteiger partial charge >= 0.3 is 0 Å². The van der Waals surface area contributed by atoms with Crippen LogP contribution in [0.3, 0.4) is 0 Å². The van der Waals surface area contributed by atoms with Crippen LogP contribution in [0.15, 0.2) is 46.6 Å². The summed E-state index contributed by atoms with van der Waals surface area (Å²) in [6.07, 6.45) is 1.45. The predicted molar refractivity (Wildman–Crippen MR) is 118 cm³/mol. The van der Waals surface area contributed by atoms with Crippen molar-refractivity contribution in [3.05, 3.63) is 47.4 Å². The number of thioether (sulfide) groups is 1. The largest absolute Gasteiger partial charge is 0.324 e. The Kier molecular flexibility index (Phi) is 7.20. The predicted octanol–water partition coefficient (Wildman–Crippen LogP) is 3.67. The van der Waals surface area contributed by atoms with E-state index in [4.69, 9.17) is 11.6 Å². The van der Waals surface area contributed by atoms with Crippen LogP contribution in [0.25, 0.3) is 5.65 Å². The number of sulfonamides is 1. The minimum absolute atomic E-state index is 0.0877. The highest BCUT2D eigenvalue weighted by Crippen LogP contribution is 2.27. The molecule has 2 heterocycles. The minimum atomic E-state index is -3.66. The van der Waals surface area contributed by atoms with E-state index in [2.05, 4.69) is 15.5 Å². The molecule has 1 aromatic carbocycles. The van der Waals surface area contributed by atoms with Crippen LogP contribution in [-0.2, 0) is 14.8 Å². The summed E-state index contributed by atoms with van der Waals surface area (Å²) in [6.45, 7) is 5.91. The van der Waals surface area contributed by atoms with Gasteiger partial charge in [-0.25, -0.2) is 12.8 Å². The molecule has 0 aliphatic rings. The van der Waals surface area contributed by atoms with Gasteiger partial charge in [0.15, 0.2) is 10.8 Å². The van der Waals surface area contributed by atoms with Crippen LogP contribution in [0.1, 0.15) is 20.8 Å². The fraction of sp³-hybridized carbons (Fsp3) is 0.316. The average Bonchev–Trinajstić information content (AvgIpc) is 3.12. The quantitative estimate of drug-likeness (QED) is 0.489. The Bertz CT molecular complexity index is 1210. The number of aromatic nitrogens is 3. The zero-order valence-corrected chi connectivity index (χ0v) is 19.4. The van der Waals surface area contributed by atoms with E-state index in [0.717, 1.165) is 17.8 Å². The molecular weight excluding hydrogens is 465 g/mol. The molecule has 1 atom stereocenters. The number of benzene rings is 1. The number of hydrogen-bond donors (Lipinski definition) is 1. The van der Waals surface area contributed by atoms with Crippen molar-refractivity contribution in [3.8, 4) is 0 Å². The number of halogens is 2. The highest BCUT2D eigenvalue weighted by molar-refractivity contribution is 8.00. The van der Waals surface area contributed by atoms with Crippen molar-refractivity contribution >= 4 is 50.6 Å². The standard InChI is InChI=1S/C19H21ClFN5O3S2/c1-4-25(5-2)31(28,29)14-7-9-17-23-24-19(26(17)11-14)30-12(3)18(27)22-16-8-6-13(21)10-15(16)20/h6-12H,4-5H2,1-3H3,(H,22,27). The Morgan fingerprint density at radius 2 is 1.97 bits per heavy atom. The van der Waals surface area contributed by atoms with Gasteiger partial charge < -0.3 is 5.32 Å². The fourth-order valence-corrected chi connectivity index (χ4v) is 5.33. The van der Waals surface area contributed by atoms with E-state index in [1.54, 1.807) is 26.8 Å². The van der Waals surface area contributed by atoms with Gasteiger partial charge in [-0.1, -0.05) is 37.2 Å². The maximum absolute atomic E-state index is 13.2. The summed E-state index contributed by atoms with van der Waals surface area (Å²) in [7, 11) is -3.66. The zero-order chi connectivity index (χ0) is 22.8. The lowest BCUT2D eigenvalue weighted by atomic mass is 10.3. The van der Waals surface area contributed by atoms with Gasteiger partial charge in [0, 0.05) is 19.3 Å². The van der Waals surface area contributed by atoms with Crippen molar-refractivity contribution in [3.63, 3.8) is 0 Å². The Balaban J connectivity index is 1.83. The molecule has 31 heavy (non-hydrogen) atoms. The number of pyridine rings is 1. The molecule has 0 aliphatic carbocycles. The molecule has 0 spiro atoms. The molecule has 3 rings (SSSR count). The number of nitrogens with one attached hydrogen (secondary N) is 1. The van der Waals surface area contributed by atoms with Gasteiger partial charge in [0.25, 0.3) is 0 Å². The minimum Gasteiger partial charge on any atom is -0.324 e. The lowest BCUT2D eigenvalue weighted by Gasteiger charge is -2.18. The summed E-state index contributed by atoms with van der Waals surface area (Å²) in [6, 6.07) is 6.74. The number of hydrogen-bond acceptors (Lipinski definition) is 6. The molecule has 2 aromatic heterocycles. The van der Waals surface area contributed by atoms with Gasteiger partial charge in [-0.05, 0) is 37.3 Å². The van der Waals surface area contributed by atoms with E-state index >= 15 is 0 Å². The molecule has 0 fully saturated rings. The smallest absolute Gasteiger partial charge is 0.244 e. The molecule has 8 nitrogen and oxygen atoms in total. The maximum atomic E-state index is 13.2. The first-order chi connectivity index (χ1) is 14.7. The number of rotatable bonds is 8. The first-order valence-electron chi connectivity index (χ1n) is 9.44. The van der Waals surface area contributed by atoms with Gasteiger partial charge in [-0.2, -0.15) is 4.31 Å². The van der Waals surface area contributed by atoms with Crippen molar-refractivity contribution in [1.29, 1.82) is 0 Å². The van der Waals surface area contributed by atoms with E-state index < -0.39 is 21.1 Å². The molecule has 1 N–H and O–H groups in total. The van der Waals surface area contributed by atoms with Gasteiger partial charge in [-0.3, -0.25) is 9.20 Å². The van der Waals surface area contributed by atoms with Crippen molar-refractivity contribution in [2.75, 3.05) is 18.4 Å². The Morgan fingerprint density at radius 1 is 1.26 bits per heavy atom. The fourth-order valence-electron chi connectivity index (χ4n) is 2.83. The van der Waals surface area contributed by atoms with Gasteiger partial charge in [0.2, 0.25) is 15.9 Å². The Morgan fingerprint density at radius 3 is 2.61 bits per heavy atom. The summed E-state index contributed by atoms with van der Waals surface area (Å²) >= 11 is 7.07.